The fourth-order valence-electron chi connectivity index (χ4n) is 2.23. The second-order valence-corrected chi connectivity index (χ2v) is 4.24. The third-order valence-electron chi connectivity index (χ3n) is 3.10. The van der Waals surface area contributed by atoms with Crippen LogP contribution in [0.25, 0.3) is 0 Å². The standard InChI is InChI=1S/C14H17NO2/c1-2-17-14(16)12-8-11(9-13(12)15)10-6-4-3-5-7-10/h3-7,11H,2,8-9,15H2,1H3. The first-order valence-electron chi connectivity index (χ1n) is 5.92. The highest BCUT2D eigenvalue weighted by atomic mass is 16.5. The Balaban J connectivity index is 2.09. The lowest BCUT2D eigenvalue weighted by atomic mass is 9.96. The highest BCUT2D eigenvalue weighted by molar-refractivity contribution is 5.90. The number of nitrogens with two attached hydrogens (primary N) is 1. The summed E-state index contributed by atoms with van der Waals surface area (Å²) in [7, 11) is 0. The molecule has 1 aliphatic rings. The van der Waals surface area contributed by atoms with Crippen molar-refractivity contribution in [3.63, 3.8) is 0 Å². The topological polar surface area (TPSA) is 52.3 Å². The van der Waals surface area contributed by atoms with Crippen LogP contribution in [0.5, 0.6) is 0 Å². The molecule has 0 bridgehead atoms. The van der Waals surface area contributed by atoms with E-state index in [-0.39, 0.29) is 5.97 Å². The van der Waals surface area contributed by atoms with E-state index in [9.17, 15) is 4.79 Å². The lowest BCUT2D eigenvalue weighted by Crippen LogP contribution is -2.10. The van der Waals surface area contributed by atoms with Crippen LogP contribution in [0.2, 0.25) is 0 Å². The number of hydrogen-bond acceptors (Lipinski definition) is 3. The minimum atomic E-state index is -0.261. The van der Waals surface area contributed by atoms with Crippen molar-refractivity contribution in [2.75, 3.05) is 6.61 Å². The van der Waals surface area contributed by atoms with E-state index in [1.807, 2.05) is 18.2 Å². The minimum Gasteiger partial charge on any atom is -0.463 e. The Hall–Kier alpha value is -1.77. The molecule has 0 fully saturated rings. The molecule has 2 rings (SSSR count). The zero-order valence-electron chi connectivity index (χ0n) is 9.98. The molecule has 1 aliphatic carbocycles. The summed E-state index contributed by atoms with van der Waals surface area (Å²) in [5, 5.41) is 0. The van der Waals surface area contributed by atoms with Crippen molar-refractivity contribution in [1.29, 1.82) is 0 Å². The summed E-state index contributed by atoms with van der Waals surface area (Å²) < 4.78 is 5.00. The monoisotopic (exact) mass is 231 g/mol. The van der Waals surface area contributed by atoms with Crippen molar-refractivity contribution in [2.45, 2.75) is 25.7 Å². The maximum atomic E-state index is 11.7. The molecule has 0 aromatic heterocycles. The largest absolute Gasteiger partial charge is 0.463 e. The van der Waals surface area contributed by atoms with Gasteiger partial charge in [0, 0.05) is 5.70 Å². The van der Waals surface area contributed by atoms with Crippen molar-refractivity contribution in [3.05, 3.63) is 47.2 Å². The van der Waals surface area contributed by atoms with Gasteiger partial charge in [-0.05, 0) is 31.2 Å². The molecule has 0 saturated heterocycles. The normalized spacial score (nSPS) is 19.5. The molecule has 0 heterocycles. The molecule has 0 saturated carbocycles. The zero-order chi connectivity index (χ0) is 12.3. The average Bonchev–Trinajstić information content (AvgIpc) is 2.73. The molecule has 1 atom stereocenters. The number of benzene rings is 1. The van der Waals surface area contributed by atoms with Gasteiger partial charge in [0.2, 0.25) is 0 Å². The minimum absolute atomic E-state index is 0.261. The van der Waals surface area contributed by atoms with Gasteiger partial charge in [0.15, 0.2) is 0 Å². The van der Waals surface area contributed by atoms with Crippen molar-refractivity contribution in [2.24, 2.45) is 5.73 Å². The molecule has 0 radical (unpaired) electrons. The second-order valence-electron chi connectivity index (χ2n) is 4.24. The fraction of sp³-hybridized carbons (Fsp3) is 0.357. The van der Waals surface area contributed by atoms with Gasteiger partial charge in [-0.25, -0.2) is 4.79 Å². The highest BCUT2D eigenvalue weighted by Crippen LogP contribution is 2.36. The van der Waals surface area contributed by atoms with Gasteiger partial charge in [0.05, 0.1) is 12.2 Å². The number of carbonyl (C=O) groups is 1. The quantitative estimate of drug-likeness (QED) is 0.812. The number of hydrogen-bond donors (Lipinski definition) is 1. The van der Waals surface area contributed by atoms with E-state index in [4.69, 9.17) is 10.5 Å². The summed E-state index contributed by atoms with van der Waals surface area (Å²) in [5.74, 6) is 0.0547. The molecule has 2 N–H and O–H groups in total. The molecule has 3 nitrogen and oxygen atoms in total. The summed E-state index contributed by atoms with van der Waals surface area (Å²) >= 11 is 0. The summed E-state index contributed by atoms with van der Waals surface area (Å²) in [6, 6.07) is 10.2. The highest BCUT2D eigenvalue weighted by Gasteiger charge is 2.28. The van der Waals surface area contributed by atoms with Crippen LogP contribution in [-0.4, -0.2) is 12.6 Å². The summed E-state index contributed by atoms with van der Waals surface area (Å²) in [4.78, 5) is 11.7. The average molecular weight is 231 g/mol. The predicted octanol–water partition coefficient (Wildman–Crippen LogP) is 2.34. The molecule has 1 aromatic carbocycles. The Morgan fingerprint density at radius 3 is 2.71 bits per heavy atom. The maximum absolute atomic E-state index is 11.7. The number of carbonyl (C=O) groups excluding carboxylic acids is 1. The van der Waals surface area contributed by atoms with Gasteiger partial charge in [-0.2, -0.15) is 0 Å². The zero-order valence-corrected chi connectivity index (χ0v) is 9.98. The smallest absolute Gasteiger partial charge is 0.335 e. The van der Waals surface area contributed by atoms with Gasteiger partial charge in [-0.15, -0.1) is 0 Å². The van der Waals surface area contributed by atoms with Gasteiger partial charge >= 0.3 is 5.97 Å². The molecular weight excluding hydrogens is 214 g/mol. The lowest BCUT2D eigenvalue weighted by Gasteiger charge is -2.09. The van der Waals surface area contributed by atoms with Crippen LogP contribution in [-0.2, 0) is 9.53 Å². The van der Waals surface area contributed by atoms with E-state index in [1.54, 1.807) is 6.92 Å². The van der Waals surface area contributed by atoms with Crippen molar-refractivity contribution in [3.8, 4) is 0 Å². The van der Waals surface area contributed by atoms with Crippen LogP contribution >= 0.6 is 0 Å². The first-order valence-corrected chi connectivity index (χ1v) is 5.92. The van der Waals surface area contributed by atoms with E-state index < -0.39 is 0 Å². The Kier molecular flexibility index (Phi) is 3.47. The van der Waals surface area contributed by atoms with E-state index >= 15 is 0 Å². The Bertz CT molecular complexity index is 437. The van der Waals surface area contributed by atoms with E-state index in [0.717, 1.165) is 6.42 Å². The molecule has 0 spiro atoms. The molecular formula is C14H17NO2. The Morgan fingerprint density at radius 2 is 2.06 bits per heavy atom. The SMILES string of the molecule is CCOC(=O)C1=C(N)CC(c2ccccc2)C1. The van der Waals surface area contributed by atoms with E-state index in [2.05, 4.69) is 12.1 Å². The van der Waals surface area contributed by atoms with Crippen LogP contribution < -0.4 is 5.73 Å². The van der Waals surface area contributed by atoms with Crippen molar-refractivity contribution >= 4 is 5.97 Å². The Labute approximate surface area is 101 Å². The van der Waals surface area contributed by atoms with Crippen LogP contribution in [0.4, 0.5) is 0 Å². The second kappa shape index (κ2) is 5.04. The first kappa shape index (κ1) is 11.7. The molecule has 90 valence electrons. The molecule has 0 aliphatic heterocycles. The summed E-state index contributed by atoms with van der Waals surface area (Å²) in [6.07, 6.45) is 1.44. The molecule has 3 heteroatoms. The molecule has 1 unspecified atom stereocenters. The predicted molar refractivity (Wildman–Crippen MR) is 66.3 cm³/mol. The van der Waals surface area contributed by atoms with Gasteiger partial charge < -0.3 is 10.5 Å². The van der Waals surface area contributed by atoms with Crippen LogP contribution in [0.15, 0.2) is 41.6 Å². The van der Waals surface area contributed by atoms with E-state index in [0.29, 0.717) is 30.2 Å². The third kappa shape index (κ3) is 2.49. The van der Waals surface area contributed by atoms with Gasteiger partial charge in [0.25, 0.3) is 0 Å². The number of allylic oxidation sites excluding steroid dienone is 1. The number of rotatable bonds is 3. The lowest BCUT2D eigenvalue weighted by molar-refractivity contribution is -0.138. The molecule has 0 amide bonds. The van der Waals surface area contributed by atoms with Crippen LogP contribution in [0.3, 0.4) is 0 Å². The van der Waals surface area contributed by atoms with Gasteiger partial charge in [0.1, 0.15) is 0 Å². The fourth-order valence-corrected chi connectivity index (χ4v) is 2.23. The number of esters is 1. The van der Waals surface area contributed by atoms with Crippen molar-refractivity contribution in [1.82, 2.24) is 0 Å². The summed E-state index contributed by atoms with van der Waals surface area (Å²) in [5.41, 5.74) is 8.48. The first-order chi connectivity index (χ1) is 8.22. The van der Waals surface area contributed by atoms with Crippen LogP contribution in [0, 0.1) is 0 Å². The van der Waals surface area contributed by atoms with E-state index in [1.165, 1.54) is 5.56 Å². The molecule has 17 heavy (non-hydrogen) atoms. The van der Waals surface area contributed by atoms with Gasteiger partial charge in [-0.3, -0.25) is 0 Å². The van der Waals surface area contributed by atoms with Gasteiger partial charge in [-0.1, -0.05) is 30.3 Å². The summed E-state index contributed by atoms with van der Waals surface area (Å²) in [6.45, 7) is 2.20. The molecule has 1 aromatic rings. The Morgan fingerprint density at radius 1 is 1.35 bits per heavy atom. The maximum Gasteiger partial charge on any atom is 0.335 e. The number of ether oxygens (including phenoxy) is 1. The third-order valence-corrected chi connectivity index (χ3v) is 3.10. The van der Waals surface area contributed by atoms with Crippen LogP contribution in [0.1, 0.15) is 31.2 Å². The van der Waals surface area contributed by atoms with Crippen molar-refractivity contribution < 1.29 is 9.53 Å².